The quantitative estimate of drug-likeness (QED) is 0.771. The molecule has 0 bridgehead atoms. The third kappa shape index (κ3) is 3.49. The topological polar surface area (TPSA) is 59.8 Å². The molecule has 24 heavy (non-hydrogen) atoms. The van der Waals surface area contributed by atoms with Crippen molar-refractivity contribution in [3.05, 3.63) is 71.7 Å². The number of carbonyl (C=O) groups is 1. The molecule has 0 aliphatic rings. The van der Waals surface area contributed by atoms with Crippen LogP contribution in [-0.2, 0) is 5.75 Å². The van der Waals surface area contributed by atoms with Crippen LogP contribution in [0.5, 0.6) is 0 Å². The summed E-state index contributed by atoms with van der Waals surface area (Å²) in [4.78, 5) is 16.8. The number of nitrogens with zero attached hydrogens (tertiary/aromatic N) is 3. The van der Waals surface area contributed by atoms with E-state index >= 15 is 0 Å². The Morgan fingerprint density at radius 2 is 2.12 bits per heavy atom. The van der Waals surface area contributed by atoms with Gasteiger partial charge in [0.15, 0.2) is 5.82 Å². The van der Waals surface area contributed by atoms with Crippen molar-refractivity contribution in [1.82, 2.24) is 14.8 Å². The van der Waals surface area contributed by atoms with E-state index in [1.54, 1.807) is 28.8 Å². The average Bonchev–Trinajstić information content (AvgIpc) is 2.98. The van der Waals surface area contributed by atoms with Crippen molar-refractivity contribution in [2.45, 2.75) is 12.7 Å². The fourth-order valence-electron chi connectivity index (χ4n) is 2.45. The van der Waals surface area contributed by atoms with Crippen molar-refractivity contribution in [3.8, 4) is 5.82 Å². The standard InChI is InChI=1S/C18H18N4OS/c1-13-16(11-20-22(13)17-8-3-4-9-19-17)18(23)21-15-7-5-6-14(10-15)12-24-2/h3-11H,12H2,1-2H3,(H,21,23). The van der Waals surface area contributed by atoms with Crippen LogP contribution >= 0.6 is 11.8 Å². The number of thioether (sulfide) groups is 1. The lowest BCUT2D eigenvalue weighted by Gasteiger charge is -2.07. The predicted octanol–water partition coefficient (Wildman–Crippen LogP) is 3.69. The van der Waals surface area contributed by atoms with Gasteiger partial charge in [0, 0.05) is 17.6 Å². The summed E-state index contributed by atoms with van der Waals surface area (Å²) >= 11 is 1.75. The molecule has 0 saturated heterocycles. The SMILES string of the molecule is CSCc1cccc(NC(=O)c2cnn(-c3ccccn3)c2C)c1. The molecular formula is C18H18N4OS. The van der Waals surface area contributed by atoms with Gasteiger partial charge >= 0.3 is 0 Å². The van der Waals surface area contributed by atoms with Gasteiger partial charge in [-0.05, 0) is 43.0 Å². The van der Waals surface area contributed by atoms with E-state index in [0.29, 0.717) is 11.4 Å². The lowest BCUT2D eigenvalue weighted by atomic mass is 10.2. The van der Waals surface area contributed by atoms with Gasteiger partial charge in [-0.2, -0.15) is 16.9 Å². The molecule has 0 saturated carbocycles. The van der Waals surface area contributed by atoms with Crippen molar-refractivity contribution in [3.63, 3.8) is 0 Å². The van der Waals surface area contributed by atoms with Crippen LogP contribution in [0.25, 0.3) is 5.82 Å². The number of hydrogen-bond acceptors (Lipinski definition) is 4. The van der Waals surface area contributed by atoms with Gasteiger partial charge in [0.1, 0.15) is 0 Å². The minimum absolute atomic E-state index is 0.170. The average molecular weight is 338 g/mol. The second-order valence-corrected chi connectivity index (χ2v) is 6.20. The highest BCUT2D eigenvalue weighted by Gasteiger charge is 2.15. The Balaban J connectivity index is 1.81. The molecule has 1 N–H and O–H groups in total. The van der Waals surface area contributed by atoms with Gasteiger partial charge in [-0.3, -0.25) is 4.79 Å². The van der Waals surface area contributed by atoms with Gasteiger partial charge in [0.05, 0.1) is 17.5 Å². The predicted molar refractivity (Wildman–Crippen MR) is 97.7 cm³/mol. The third-order valence-corrected chi connectivity index (χ3v) is 4.24. The number of amides is 1. The maximum absolute atomic E-state index is 12.6. The molecule has 122 valence electrons. The van der Waals surface area contributed by atoms with Gasteiger partial charge in [-0.1, -0.05) is 18.2 Å². The fraction of sp³-hybridized carbons (Fsp3) is 0.167. The van der Waals surface area contributed by atoms with Gasteiger partial charge < -0.3 is 5.32 Å². The molecule has 0 atom stereocenters. The summed E-state index contributed by atoms with van der Waals surface area (Å²) in [6, 6.07) is 13.5. The molecule has 3 rings (SSSR count). The van der Waals surface area contributed by atoms with Crippen molar-refractivity contribution >= 4 is 23.4 Å². The highest BCUT2D eigenvalue weighted by atomic mass is 32.2. The van der Waals surface area contributed by atoms with Crippen LogP contribution in [0.4, 0.5) is 5.69 Å². The molecular weight excluding hydrogens is 320 g/mol. The lowest BCUT2D eigenvalue weighted by Crippen LogP contribution is -2.13. The van der Waals surface area contributed by atoms with E-state index in [9.17, 15) is 4.79 Å². The van der Waals surface area contributed by atoms with E-state index in [0.717, 1.165) is 17.1 Å². The molecule has 0 spiro atoms. The van der Waals surface area contributed by atoms with Gasteiger partial charge in [-0.25, -0.2) is 9.67 Å². The summed E-state index contributed by atoms with van der Waals surface area (Å²) in [6.45, 7) is 1.86. The fourth-order valence-corrected chi connectivity index (χ4v) is 2.96. The van der Waals surface area contributed by atoms with E-state index in [1.165, 1.54) is 5.56 Å². The van der Waals surface area contributed by atoms with Gasteiger partial charge in [0.25, 0.3) is 5.91 Å². The van der Waals surface area contributed by atoms with Crippen LogP contribution in [0.1, 0.15) is 21.6 Å². The van der Waals surface area contributed by atoms with Crippen LogP contribution in [0.3, 0.4) is 0 Å². The van der Waals surface area contributed by atoms with Crippen LogP contribution in [0, 0.1) is 6.92 Å². The largest absolute Gasteiger partial charge is 0.322 e. The molecule has 1 aromatic carbocycles. The van der Waals surface area contributed by atoms with E-state index in [2.05, 4.69) is 27.7 Å². The molecule has 0 unspecified atom stereocenters. The van der Waals surface area contributed by atoms with Crippen molar-refractivity contribution in [1.29, 1.82) is 0 Å². The first-order chi connectivity index (χ1) is 11.7. The number of carbonyl (C=O) groups excluding carboxylic acids is 1. The lowest BCUT2D eigenvalue weighted by molar-refractivity contribution is 0.102. The van der Waals surface area contributed by atoms with Gasteiger partial charge in [0.2, 0.25) is 0 Å². The number of rotatable bonds is 5. The monoisotopic (exact) mass is 338 g/mol. The third-order valence-electron chi connectivity index (χ3n) is 3.62. The van der Waals surface area contributed by atoms with Crippen LogP contribution < -0.4 is 5.32 Å². The highest BCUT2D eigenvalue weighted by molar-refractivity contribution is 7.97. The first kappa shape index (κ1) is 16.3. The zero-order valence-corrected chi connectivity index (χ0v) is 14.4. The Bertz CT molecular complexity index is 845. The van der Waals surface area contributed by atoms with Crippen LogP contribution in [-0.4, -0.2) is 26.9 Å². The maximum Gasteiger partial charge on any atom is 0.259 e. The molecule has 5 nitrogen and oxygen atoms in total. The number of aromatic nitrogens is 3. The summed E-state index contributed by atoms with van der Waals surface area (Å²) in [7, 11) is 0. The van der Waals surface area contributed by atoms with Crippen molar-refractivity contribution in [2.75, 3.05) is 11.6 Å². The summed E-state index contributed by atoms with van der Waals surface area (Å²) in [5.74, 6) is 1.44. The Morgan fingerprint density at radius 1 is 1.25 bits per heavy atom. The number of benzene rings is 1. The van der Waals surface area contributed by atoms with Crippen molar-refractivity contribution < 1.29 is 4.79 Å². The maximum atomic E-state index is 12.6. The highest BCUT2D eigenvalue weighted by Crippen LogP contribution is 2.17. The molecule has 0 aliphatic heterocycles. The second kappa shape index (κ2) is 7.31. The number of nitrogens with one attached hydrogen (secondary N) is 1. The molecule has 0 aliphatic carbocycles. The van der Waals surface area contributed by atoms with Crippen LogP contribution in [0.2, 0.25) is 0 Å². The normalized spacial score (nSPS) is 10.6. The van der Waals surface area contributed by atoms with E-state index in [1.807, 2.05) is 43.3 Å². The Labute approximate surface area is 145 Å². The summed E-state index contributed by atoms with van der Waals surface area (Å²) in [5.41, 5.74) is 3.26. The minimum atomic E-state index is -0.170. The number of anilines is 1. The minimum Gasteiger partial charge on any atom is -0.322 e. The molecule has 2 aromatic heterocycles. The van der Waals surface area contributed by atoms with Gasteiger partial charge in [-0.15, -0.1) is 0 Å². The molecule has 3 aromatic rings. The van der Waals surface area contributed by atoms with Crippen LogP contribution in [0.15, 0.2) is 54.9 Å². The second-order valence-electron chi connectivity index (χ2n) is 5.33. The first-order valence-corrected chi connectivity index (χ1v) is 8.93. The summed E-state index contributed by atoms with van der Waals surface area (Å²) < 4.78 is 1.67. The molecule has 6 heteroatoms. The summed E-state index contributed by atoms with van der Waals surface area (Å²) in [6.07, 6.45) is 5.33. The summed E-state index contributed by atoms with van der Waals surface area (Å²) in [5, 5.41) is 7.23. The molecule has 0 fully saturated rings. The zero-order valence-electron chi connectivity index (χ0n) is 13.6. The molecule has 2 heterocycles. The van der Waals surface area contributed by atoms with Crippen molar-refractivity contribution in [2.24, 2.45) is 0 Å². The van der Waals surface area contributed by atoms with E-state index in [4.69, 9.17) is 0 Å². The Morgan fingerprint density at radius 3 is 2.88 bits per heavy atom. The Kier molecular flexibility index (Phi) is 4.96. The smallest absolute Gasteiger partial charge is 0.259 e. The molecule has 0 radical (unpaired) electrons. The Hall–Kier alpha value is -2.60. The van der Waals surface area contributed by atoms with E-state index in [-0.39, 0.29) is 5.91 Å². The number of hydrogen-bond donors (Lipinski definition) is 1. The molecule has 1 amide bonds. The zero-order chi connectivity index (χ0) is 16.9. The van der Waals surface area contributed by atoms with E-state index < -0.39 is 0 Å². The number of pyridine rings is 1. The first-order valence-electron chi connectivity index (χ1n) is 7.54.